The SMILES string of the molecule is O=COc1ccc2c3c(ccc(-c4ccc5c6c(ccc(C(=O)O)c46)C(=O)OC5=O)c13)C(=O)OC2=O. The van der Waals surface area contributed by atoms with Crippen LogP contribution in [0.2, 0.25) is 0 Å². The first-order chi connectivity index (χ1) is 17.3. The summed E-state index contributed by atoms with van der Waals surface area (Å²) in [5.41, 5.74) is 0.407. The van der Waals surface area contributed by atoms with Crippen molar-refractivity contribution in [1.29, 1.82) is 0 Å². The van der Waals surface area contributed by atoms with E-state index in [9.17, 15) is 33.9 Å². The number of carboxylic acids is 1. The lowest BCUT2D eigenvalue weighted by Crippen LogP contribution is -2.21. The first kappa shape index (κ1) is 21.2. The molecule has 0 amide bonds. The Kier molecular flexibility index (Phi) is 4.30. The van der Waals surface area contributed by atoms with Crippen molar-refractivity contribution in [1.82, 2.24) is 0 Å². The van der Waals surface area contributed by atoms with Crippen LogP contribution in [-0.4, -0.2) is 41.4 Å². The van der Waals surface area contributed by atoms with Crippen LogP contribution in [0.1, 0.15) is 51.8 Å². The lowest BCUT2D eigenvalue weighted by Gasteiger charge is -2.22. The number of carbonyl (C=O) groups excluding carboxylic acids is 5. The molecular formula is C26H10O10. The van der Waals surface area contributed by atoms with Crippen molar-refractivity contribution < 1.29 is 48.1 Å². The number of rotatable bonds is 4. The molecule has 0 fully saturated rings. The first-order valence-electron chi connectivity index (χ1n) is 10.4. The molecule has 0 saturated carbocycles. The minimum Gasteiger partial charge on any atom is -0.478 e. The Morgan fingerprint density at radius 2 is 1.03 bits per heavy atom. The molecule has 36 heavy (non-hydrogen) atoms. The average Bonchev–Trinajstić information content (AvgIpc) is 2.85. The molecule has 0 bridgehead atoms. The molecule has 2 aliphatic heterocycles. The molecule has 0 aromatic heterocycles. The molecule has 0 radical (unpaired) electrons. The van der Waals surface area contributed by atoms with E-state index in [1.165, 1.54) is 48.5 Å². The van der Waals surface area contributed by atoms with Gasteiger partial charge in [0.25, 0.3) is 6.47 Å². The van der Waals surface area contributed by atoms with Crippen LogP contribution in [0.5, 0.6) is 5.75 Å². The number of hydrogen-bond acceptors (Lipinski definition) is 9. The van der Waals surface area contributed by atoms with Crippen LogP contribution in [0.4, 0.5) is 0 Å². The van der Waals surface area contributed by atoms with Crippen LogP contribution in [0, 0.1) is 0 Å². The zero-order valence-electron chi connectivity index (χ0n) is 17.8. The maximum absolute atomic E-state index is 12.4. The zero-order chi connectivity index (χ0) is 25.3. The third-order valence-corrected chi connectivity index (χ3v) is 6.23. The molecule has 2 heterocycles. The summed E-state index contributed by atoms with van der Waals surface area (Å²) < 4.78 is 14.7. The Balaban J connectivity index is 1.83. The highest BCUT2D eigenvalue weighted by Crippen LogP contribution is 2.45. The second-order valence-electron chi connectivity index (χ2n) is 7.97. The second-order valence-corrected chi connectivity index (χ2v) is 7.97. The van der Waals surface area contributed by atoms with Crippen molar-refractivity contribution in [2.75, 3.05) is 0 Å². The fourth-order valence-corrected chi connectivity index (χ4v) is 4.81. The number of carbonyl (C=O) groups is 6. The summed E-state index contributed by atoms with van der Waals surface area (Å²) in [6.07, 6.45) is 0. The zero-order valence-corrected chi connectivity index (χ0v) is 17.8. The van der Waals surface area contributed by atoms with E-state index >= 15 is 0 Å². The summed E-state index contributed by atoms with van der Waals surface area (Å²) >= 11 is 0. The van der Waals surface area contributed by atoms with Gasteiger partial charge >= 0.3 is 29.8 Å². The summed E-state index contributed by atoms with van der Waals surface area (Å²) in [5, 5.41) is 10.4. The number of carboxylic acid groups (broad SMARTS) is 1. The van der Waals surface area contributed by atoms with Gasteiger partial charge in [0.15, 0.2) is 0 Å². The normalized spacial score (nSPS) is 14.0. The van der Waals surface area contributed by atoms with Crippen molar-refractivity contribution >= 4 is 57.9 Å². The molecule has 4 aromatic carbocycles. The van der Waals surface area contributed by atoms with Crippen molar-refractivity contribution in [3.8, 4) is 16.9 Å². The third-order valence-electron chi connectivity index (χ3n) is 6.23. The molecule has 0 saturated heterocycles. The largest absolute Gasteiger partial charge is 0.478 e. The third kappa shape index (κ3) is 2.72. The Morgan fingerprint density at radius 3 is 1.53 bits per heavy atom. The van der Waals surface area contributed by atoms with Crippen LogP contribution in [0.15, 0.2) is 48.5 Å². The summed E-state index contributed by atoms with van der Waals surface area (Å²) in [4.78, 5) is 73.2. The van der Waals surface area contributed by atoms with Gasteiger partial charge in [-0.25, -0.2) is 24.0 Å². The Hall–Kier alpha value is -5.38. The lowest BCUT2D eigenvalue weighted by atomic mass is 9.85. The van der Waals surface area contributed by atoms with Gasteiger partial charge in [0.05, 0.1) is 27.8 Å². The maximum Gasteiger partial charge on any atom is 0.346 e. The molecule has 10 nitrogen and oxygen atoms in total. The van der Waals surface area contributed by atoms with Crippen molar-refractivity contribution in [2.24, 2.45) is 0 Å². The molecule has 10 heteroatoms. The Morgan fingerprint density at radius 1 is 0.611 bits per heavy atom. The minimum atomic E-state index is -1.32. The predicted molar refractivity (Wildman–Crippen MR) is 120 cm³/mol. The first-order valence-corrected chi connectivity index (χ1v) is 10.4. The number of hydrogen-bond donors (Lipinski definition) is 1. The number of benzene rings is 4. The highest BCUT2D eigenvalue weighted by molar-refractivity contribution is 6.28. The van der Waals surface area contributed by atoms with E-state index < -0.39 is 29.8 Å². The van der Waals surface area contributed by atoms with Gasteiger partial charge < -0.3 is 19.3 Å². The molecule has 174 valence electrons. The van der Waals surface area contributed by atoms with E-state index in [-0.39, 0.29) is 72.7 Å². The monoisotopic (exact) mass is 482 g/mol. The molecule has 6 rings (SSSR count). The fourth-order valence-electron chi connectivity index (χ4n) is 4.81. The summed E-state index contributed by atoms with van der Waals surface area (Å²) in [5.74, 6) is -4.98. The van der Waals surface area contributed by atoms with E-state index in [0.717, 1.165) is 0 Å². The van der Waals surface area contributed by atoms with Gasteiger partial charge in [-0.05, 0) is 47.5 Å². The molecule has 4 aromatic rings. The van der Waals surface area contributed by atoms with Gasteiger partial charge in [0.2, 0.25) is 0 Å². The maximum atomic E-state index is 12.4. The van der Waals surface area contributed by atoms with Gasteiger partial charge in [-0.3, -0.25) is 4.79 Å². The molecule has 0 atom stereocenters. The van der Waals surface area contributed by atoms with Crippen LogP contribution in [-0.2, 0) is 14.3 Å². The standard InChI is InChI=1S/C26H10O10/c27-9-34-17-8-7-16-20-15(25(32)36-26(16)33)5-2-11(21(17)20)10-1-4-13-19-14(24(31)35-23(13)30)6-3-12(18(10)19)22(28)29/h1-9H,(H,28,29). The smallest absolute Gasteiger partial charge is 0.346 e. The molecule has 1 N–H and O–H groups in total. The van der Waals surface area contributed by atoms with Crippen LogP contribution >= 0.6 is 0 Å². The number of aromatic carboxylic acids is 1. The van der Waals surface area contributed by atoms with Crippen molar-refractivity contribution in [2.45, 2.75) is 0 Å². The Labute approximate surface area is 199 Å². The van der Waals surface area contributed by atoms with Gasteiger partial charge in [-0.15, -0.1) is 0 Å². The number of esters is 4. The van der Waals surface area contributed by atoms with Crippen molar-refractivity contribution in [3.63, 3.8) is 0 Å². The number of ether oxygens (including phenoxy) is 3. The molecule has 0 aliphatic carbocycles. The van der Waals surface area contributed by atoms with Crippen LogP contribution in [0.3, 0.4) is 0 Å². The van der Waals surface area contributed by atoms with E-state index in [2.05, 4.69) is 0 Å². The fraction of sp³-hybridized carbons (Fsp3) is 0. The lowest BCUT2D eigenvalue weighted by molar-refractivity contribution is -0.120. The van der Waals surface area contributed by atoms with Gasteiger partial charge in [-0.1, -0.05) is 12.1 Å². The van der Waals surface area contributed by atoms with Crippen LogP contribution < -0.4 is 4.74 Å². The molecular weight excluding hydrogens is 472 g/mol. The van der Waals surface area contributed by atoms with Gasteiger partial charge in [-0.2, -0.15) is 0 Å². The molecule has 0 spiro atoms. The quantitative estimate of drug-likeness (QED) is 0.260. The van der Waals surface area contributed by atoms with E-state index in [4.69, 9.17) is 14.2 Å². The minimum absolute atomic E-state index is 0.00250. The van der Waals surface area contributed by atoms with Gasteiger partial charge in [0, 0.05) is 21.5 Å². The highest BCUT2D eigenvalue weighted by atomic mass is 16.6. The van der Waals surface area contributed by atoms with Gasteiger partial charge in [0.1, 0.15) is 5.75 Å². The molecule has 0 unspecified atom stereocenters. The molecule has 2 aliphatic rings. The Bertz CT molecular complexity index is 1740. The van der Waals surface area contributed by atoms with E-state index in [1.54, 1.807) is 0 Å². The summed E-state index contributed by atoms with van der Waals surface area (Å²) in [7, 11) is 0. The highest BCUT2D eigenvalue weighted by Gasteiger charge is 2.33. The topological polar surface area (TPSA) is 150 Å². The van der Waals surface area contributed by atoms with Crippen LogP contribution in [0.25, 0.3) is 32.7 Å². The summed E-state index contributed by atoms with van der Waals surface area (Å²) in [6.45, 7) is 0.172. The predicted octanol–water partition coefficient (Wildman–Crippen LogP) is 3.51. The average molecular weight is 482 g/mol. The van der Waals surface area contributed by atoms with Crippen molar-refractivity contribution in [3.05, 3.63) is 76.3 Å². The van der Waals surface area contributed by atoms with E-state index in [1.807, 2.05) is 0 Å². The number of cyclic esters (lactones) is 4. The second kappa shape index (κ2) is 7.31. The van der Waals surface area contributed by atoms with E-state index in [0.29, 0.717) is 0 Å². The summed E-state index contributed by atoms with van der Waals surface area (Å²) in [6, 6.07) is 10.9.